The number of hydrogen-bond donors (Lipinski definition) is 1. The summed E-state index contributed by atoms with van der Waals surface area (Å²) in [6.45, 7) is 0. The number of nitrogens with zero attached hydrogens (tertiary/aromatic N) is 8. The van der Waals surface area contributed by atoms with Gasteiger partial charge in [-0.1, -0.05) is 10.6 Å². The molecule has 5 heterocycles. The second kappa shape index (κ2) is 7.00. The average molecular weight is 385 g/mol. The topological polar surface area (TPSA) is 119 Å². The van der Waals surface area contributed by atoms with Crippen molar-refractivity contribution in [3.63, 3.8) is 0 Å². The van der Waals surface area contributed by atoms with Crippen LogP contribution in [0.5, 0.6) is 0 Å². The Bertz CT molecular complexity index is 1190. The van der Waals surface area contributed by atoms with Gasteiger partial charge < -0.3 is 0 Å². The second-order valence-corrected chi connectivity index (χ2v) is 6.30. The summed E-state index contributed by atoms with van der Waals surface area (Å²) in [6, 6.07) is 9.26. The molecule has 0 fully saturated rings. The molecule has 0 saturated heterocycles. The third kappa shape index (κ3) is 2.81. The van der Waals surface area contributed by atoms with Crippen molar-refractivity contribution in [2.24, 2.45) is 0 Å². The fourth-order valence-corrected chi connectivity index (χ4v) is 3.32. The summed E-state index contributed by atoms with van der Waals surface area (Å²) in [6.07, 6.45) is 6.72. The van der Waals surface area contributed by atoms with Gasteiger partial charge in [0.05, 0.1) is 11.4 Å². The van der Waals surface area contributed by atoms with Crippen LogP contribution in [0.15, 0.2) is 60.5 Å². The molecule has 0 atom stereocenters. The lowest BCUT2D eigenvalue weighted by molar-refractivity contribution is 0.999. The Morgan fingerprint density at radius 2 is 1.54 bits per heavy atom. The van der Waals surface area contributed by atoms with Crippen molar-refractivity contribution < 1.29 is 0 Å². The van der Waals surface area contributed by atoms with Gasteiger partial charge in [0.2, 0.25) is 0 Å². The van der Waals surface area contributed by atoms with Crippen LogP contribution in [-0.4, -0.2) is 44.9 Å². The lowest BCUT2D eigenvalue weighted by Gasteiger charge is -2.14. The first-order valence-electron chi connectivity index (χ1n) is 8.28. The van der Waals surface area contributed by atoms with E-state index in [9.17, 15) is 0 Å². The molecule has 0 aliphatic carbocycles. The summed E-state index contributed by atoms with van der Waals surface area (Å²) in [5, 5.41) is 22.0. The van der Waals surface area contributed by atoms with E-state index in [1.54, 1.807) is 30.9 Å². The summed E-state index contributed by atoms with van der Waals surface area (Å²) in [5.41, 5.74) is 4.70. The third-order valence-electron chi connectivity index (χ3n) is 4.04. The van der Waals surface area contributed by atoms with Crippen LogP contribution in [0.3, 0.4) is 0 Å². The highest BCUT2D eigenvalue weighted by atomic mass is 32.1. The zero-order chi connectivity index (χ0) is 18.8. The van der Waals surface area contributed by atoms with Crippen molar-refractivity contribution in [1.29, 1.82) is 0 Å². The average Bonchev–Trinajstić information content (AvgIpc) is 3.48. The van der Waals surface area contributed by atoms with Gasteiger partial charge in [0.25, 0.3) is 0 Å². The van der Waals surface area contributed by atoms with Crippen LogP contribution >= 0.6 is 11.5 Å². The molecule has 0 saturated carbocycles. The maximum atomic E-state index is 4.53. The van der Waals surface area contributed by atoms with Gasteiger partial charge in [-0.05, 0) is 35.8 Å². The van der Waals surface area contributed by atoms with Crippen LogP contribution in [0, 0.1) is 0 Å². The fraction of sp³-hybridized carbons (Fsp3) is 0. The number of H-pyrrole nitrogens is 1. The predicted molar refractivity (Wildman–Crippen MR) is 103 cm³/mol. The molecule has 5 aromatic heterocycles. The summed E-state index contributed by atoms with van der Waals surface area (Å²) >= 11 is 1.26. The molecule has 9 nitrogen and oxygen atoms in total. The van der Waals surface area contributed by atoms with Gasteiger partial charge in [0.15, 0.2) is 5.82 Å². The van der Waals surface area contributed by atoms with Crippen LogP contribution in [0.1, 0.15) is 0 Å². The summed E-state index contributed by atoms with van der Waals surface area (Å²) in [7, 11) is 0. The van der Waals surface area contributed by atoms with Crippen molar-refractivity contribution in [1.82, 2.24) is 44.9 Å². The second-order valence-electron chi connectivity index (χ2n) is 5.70. The van der Waals surface area contributed by atoms with Gasteiger partial charge >= 0.3 is 0 Å². The molecule has 0 radical (unpaired) electrons. The molecule has 5 aromatic rings. The first kappa shape index (κ1) is 16.3. The van der Waals surface area contributed by atoms with Gasteiger partial charge in [0, 0.05) is 41.3 Å². The molecule has 0 aliphatic heterocycles. The number of pyridine rings is 1. The largest absolute Gasteiger partial charge is 0.276 e. The van der Waals surface area contributed by atoms with Gasteiger partial charge in [-0.2, -0.15) is 5.10 Å². The normalized spacial score (nSPS) is 10.9. The maximum absolute atomic E-state index is 4.53. The van der Waals surface area contributed by atoms with Crippen molar-refractivity contribution in [3.8, 4) is 45.4 Å². The Hall–Kier alpha value is -3.92. The van der Waals surface area contributed by atoms with Gasteiger partial charge in [-0.15, -0.1) is 15.3 Å². The molecule has 134 valence electrons. The minimum absolute atomic E-state index is 0.455. The van der Waals surface area contributed by atoms with E-state index in [1.807, 2.05) is 29.6 Å². The van der Waals surface area contributed by atoms with Crippen molar-refractivity contribution >= 4 is 11.5 Å². The molecular weight excluding hydrogens is 374 g/mol. The van der Waals surface area contributed by atoms with E-state index >= 15 is 0 Å². The Balaban J connectivity index is 1.90. The first-order valence-corrected chi connectivity index (χ1v) is 9.12. The number of hydrogen-bond acceptors (Lipinski definition) is 9. The lowest BCUT2D eigenvalue weighted by atomic mass is 9.97. The summed E-state index contributed by atoms with van der Waals surface area (Å²) in [5.74, 6) is 0.455. The molecule has 0 bridgehead atoms. The number of nitrogens with one attached hydrogen (secondary N) is 1. The number of rotatable bonds is 4. The van der Waals surface area contributed by atoms with Crippen LogP contribution < -0.4 is 0 Å². The van der Waals surface area contributed by atoms with E-state index in [0.29, 0.717) is 34.3 Å². The number of aromatic nitrogens is 9. The standard InChI is InChI=1S/C18H11N9S/c1-2-6-19-11(4-1)14-15(13-10-28-27-24-13)16(12-5-9-22-23-12)25-26-17(14)18-20-7-3-8-21-18/h1-10H,(H,22,23). The first-order chi connectivity index (χ1) is 13.9. The summed E-state index contributed by atoms with van der Waals surface area (Å²) < 4.78 is 4.02. The van der Waals surface area contributed by atoms with Crippen LogP contribution in [-0.2, 0) is 0 Å². The van der Waals surface area contributed by atoms with Crippen LogP contribution in [0.2, 0.25) is 0 Å². The van der Waals surface area contributed by atoms with E-state index in [0.717, 1.165) is 11.1 Å². The lowest BCUT2D eigenvalue weighted by Crippen LogP contribution is -2.03. The molecule has 1 N–H and O–H groups in total. The molecular formula is C18H11N9S. The highest BCUT2D eigenvalue weighted by Gasteiger charge is 2.25. The molecule has 0 unspecified atom stereocenters. The maximum Gasteiger partial charge on any atom is 0.180 e. The van der Waals surface area contributed by atoms with E-state index in [4.69, 9.17) is 0 Å². The SMILES string of the molecule is c1ccc(-c2c(-c3ncccn3)nnc(-c3ccn[nH]3)c2-c2csnn2)nc1. The molecule has 0 spiro atoms. The molecule has 10 heteroatoms. The number of aromatic amines is 1. The van der Waals surface area contributed by atoms with E-state index in [2.05, 4.69) is 44.9 Å². The molecule has 0 amide bonds. The Morgan fingerprint density at radius 3 is 2.25 bits per heavy atom. The van der Waals surface area contributed by atoms with Crippen molar-refractivity contribution in [2.45, 2.75) is 0 Å². The quantitative estimate of drug-likeness (QED) is 0.501. The van der Waals surface area contributed by atoms with E-state index < -0.39 is 0 Å². The van der Waals surface area contributed by atoms with Crippen LogP contribution in [0.25, 0.3) is 45.4 Å². The zero-order valence-electron chi connectivity index (χ0n) is 14.3. The predicted octanol–water partition coefficient (Wildman–Crippen LogP) is 2.90. The fourth-order valence-electron chi connectivity index (χ4n) is 2.87. The highest BCUT2D eigenvalue weighted by Crippen LogP contribution is 2.40. The Labute approximate surface area is 162 Å². The molecule has 5 rings (SSSR count). The van der Waals surface area contributed by atoms with Gasteiger partial charge in [-0.3, -0.25) is 10.1 Å². The molecule has 0 aromatic carbocycles. The molecule has 28 heavy (non-hydrogen) atoms. The van der Waals surface area contributed by atoms with Gasteiger partial charge in [-0.25, -0.2) is 9.97 Å². The van der Waals surface area contributed by atoms with Gasteiger partial charge in [0.1, 0.15) is 17.1 Å². The third-order valence-corrected chi connectivity index (χ3v) is 4.55. The van der Waals surface area contributed by atoms with Crippen LogP contribution in [0.4, 0.5) is 0 Å². The highest BCUT2D eigenvalue weighted by molar-refractivity contribution is 7.03. The van der Waals surface area contributed by atoms with Crippen molar-refractivity contribution in [3.05, 3.63) is 60.5 Å². The minimum Gasteiger partial charge on any atom is -0.276 e. The zero-order valence-corrected chi connectivity index (χ0v) is 15.1. The van der Waals surface area contributed by atoms with E-state index in [1.165, 1.54) is 11.5 Å². The molecule has 0 aliphatic rings. The smallest absolute Gasteiger partial charge is 0.180 e. The Morgan fingerprint density at radius 1 is 0.714 bits per heavy atom. The Kier molecular flexibility index (Phi) is 4.07. The van der Waals surface area contributed by atoms with Crippen molar-refractivity contribution in [2.75, 3.05) is 0 Å². The van der Waals surface area contributed by atoms with E-state index in [-0.39, 0.29) is 0 Å². The monoisotopic (exact) mass is 385 g/mol. The minimum atomic E-state index is 0.455. The summed E-state index contributed by atoms with van der Waals surface area (Å²) in [4.78, 5) is 13.2.